The van der Waals surface area contributed by atoms with Crippen LogP contribution in [0.5, 0.6) is 5.75 Å². The Hall–Kier alpha value is -1.75. The molecule has 6 heteroatoms. The van der Waals surface area contributed by atoms with Gasteiger partial charge in [-0.15, -0.1) is 0 Å². The maximum absolute atomic E-state index is 12.5. The molecule has 1 aliphatic heterocycles. The molecule has 1 fully saturated rings. The molecule has 0 aliphatic carbocycles. The topological polar surface area (TPSA) is 58.6 Å². The van der Waals surface area contributed by atoms with Crippen LogP contribution < -0.4 is 10.1 Å². The first-order valence-corrected chi connectivity index (χ1v) is 9.37. The minimum atomic E-state index is -0.545. The Balaban J connectivity index is 1.76. The second-order valence-corrected chi connectivity index (χ2v) is 6.92. The Morgan fingerprint density at radius 2 is 1.92 bits per heavy atom. The molecular weight excluding hydrogens is 340 g/mol. The van der Waals surface area contributed by atoms with Crippen molar-refractivity contribution < 1.29 is 14.3 Å². The van der Waals surface area contributed by atoms with Crippen LogP contribution in [0, 0.1) is 0 Å². The molecule has 1 aromatic carbocycles. The van der Waals surface area contributed by atoms with E-state index in [-0.39, 0.29) is 17.9 Å². The molecule has 1 atom stereocenters. The largest absolute Gasteiger partial charge is 0.481 e. The Labute approximate surface area is 154 Å². The van der Waals surface area contributed by atoms with Gasteiger partial charge in [0.2, 0.25) is 5.91 Å². The maximum atomic E-state index is 12.5. The van der Waals surface area contributed by atoms with E-state index in [1.807, 2.05) is 4.90 Å². The highest BCUT2D eigenvalue weighted by Crippen LogP contribution is 2.18. The third-order valence-corrected chi connectivity index (χ3v) is 4.66. The summed E-state index contributed by atoms with van der Waals surface area (Å²) in [6, 6.07) is 7.15. The number of nitrogens with zero attached hydrogens (tertiary/aromatic N) is 1. The Bertz CT molecular complexity index is 569. The third kappa shape index (κ3) is 6.24. The van der Waals surface area contributed by atoms with Gasteiger partial charge in [0.05, 0.1) is 0 Å². The molecular formula is C19H27ClN2O3. The zero-order valence-corrected chi connectivity index (χ0v) is 15.7. The lowest BCUT2D eigenvalue weighted by molar-refractivity contribution is -0.139. The molecule has 0 radical (unpaired) electrons. The number of amides is 2. The highest BCUT2D eigenvalue weighted by Gasteiger charge is 2.27. The quantitative estimate of drug-likeness (QED) is 0.804. The fraction of sp³-hybridized carbons (Fsp3) is 0.579. The fourth-order valence-corrected chi connectivity index (χ4v) is 3.03. The normalized spacial score (nSPS) is 16.4. The van der Waals surface area contributed by atoms with Crippen LogP contribution in [0.15, 0.2) is 24.3 Å². The number of hydrogen-bond acceptors (Lipinski definition) is 3. The van der Waals surface area contributed by atoms with Crippen molar-refractivity contribution in [3.05, 3.63) is 29.3 Å². The summed E-state index contributed by atoms with van der Waals surface area (Å²) in [4.78, 5) is 26.1. The lowest BCUT2D eigenvalue weighted by Gasteiger charge is -2.33. The van der Waals surface area contributed by atoms with Crippen LogP contribution in [0.2, 0.25) is 5.02 Å². The minimum absolute atomic E-state index is 0.0225. The van der Waals surface area contributed by atoms with Gasteiger partial charge in [0.15, 0.2) is 6.10 Å². The smallest absolute Gasteiger partial charge is 0.263 e. The molecule has 1 N–H and O–H groups in total. The number of carbonyl (C=O) groups is 2. The minimum Gasteiger partial charge on any atom is -0.481 e. The molecule has 2 amide bonds. The van der Waals surface area contributed by atoms with Crippen molar-refractivity contribution >= 4 is 23.4 Å². The number of hydrogen-bond donors (Lipinski definition) is 1. The van der Waals surface area contributed by atoms with Crippen LogP contribution in [0.3, 0.4) is 0 Å². The van der Waals surface area contributed by atoms with E-state index in [4.69, 9.17) is 16.3 Å². The van der Waals surface area contributed by atoms with E-state index in [0.29, 0.717) is 30.3 Å². The summed E-state index contributed by atoms with van der Waals surface area (Å²) < 4.78 is 5.70. The summed E-state index contributed by atoms with van der Waals surface area (Å²) in [6.45, 7) is 5.12. The molecule has 2 rings (SSSR count). The van der Waals surface area contributed by atoms with Crippen LogP contribution in [0.1, 0.15) is 46.0 Å². The Morgan fingerprint density at radius 3 is 2.52 bits per heavy atom. The summed E-state index contributed by atoms with van der Waals surface area (Å²) in [5.41, 5.74) is 0. The van der Waals surface area contributed by atoms with Gasteiger partial charge in [-0.1, -0.05) is 24.9 Å². The third-order valence-electron chi connectivity index (χ3n) is 4.40. The van der Waals surface area contributed by atoms with Gasteiger partial charge >= 0.3 is 0 Å². The van der Waals surface area contributed by atoms with Gasteiger partial charge in [-0.3, -0.25) is 9.59 Å². The number of rotatable bonds is 7. The summed E-state index contributed by atoms with van der Waals surface area (Å²) in [7, 11) is 0. The van der Waals surface area contributed by atoms with Gasteiger partial charge in [-0.2, -0.15) is 0 Å². The highest BCUT2D eigenvalue weighted by atomic mass is 35.5. The molecule has 0 saturated carbocycles. The van der Waals surface area contributed by atoms with Crippen molar-refractivity contribution in [2.45, 2.75) is 58.1 Å². The molecule has 1 aliphatic rings. The Kier molecular flexibility index (Phi) is 7.56. The zero-order chi connectivity index (χ0) is 18.2. The number of ether oxygens (including phenoxy) is 1. The predicted molar refractivity (Wildman–Crippen MR) is 98.8 cm³/mol. The van der Waals surface area contributed by atoms with E-state index in [9.17, 15) is 9.59 Å². The summed E-state index contributed by atoms with van der Waals surface area (Å²) in [5.74, 6) is 0.722. The van der Waals surface area contributed by atoms with E-state index in [1.165, 1.54) is 0 Å². The van der Waals surface area contributed by atoms with E-state index in [1.54, 1.807) is 31.2 Å². The second-order valence-electron chi connectivity index (χ2n) is 6.48. The Morgan fingerprint density at radius 1 is 1.28 bits per heavy atom. The highest BCUT2D eigenvalue weighted by molar-refractivity contribution is 6.30. The van der Waals surface area contributed by atoms with Gasteiger partial charge in [0.1, 0.15) is 5.75 Å². The molecule has 0 spiro atoms. The van der Waals surface area contributed by atoms with E-state index in [0.717, 1.165) is 25.7 Å². The molecule has 0 bridgehead atoms. The van der Waals surface area contributed by atoms with Crippen LogP contribution in [-0.4, -0.2) is 41.9 Å². The van der Waals surface area contributed by atoms with Crippen molar-refractivity contribution in [3.8, 4) is 5.75 Å². The van der Waals surface area contributed by atoms with Crippen LogP contribution >= 0.6 is 11.6 Å². The number of nitrogens with one attached hydrogen (secondary N) is 1. The first-order valence-electron chi connectivity index (χ1n) is 9.00. The van der Waals surface area contributed by atoms with Gasteiger partial charge in [0, 0.05) is 30.6 Å². The molecule has 5 nitrogen and oxygen atoms in total. The van der Waals surface area contributed by atoms with E-state index >= 15 is 0 Å². The maximum Gasteiger partial charge on any atom is 0.263 e. The SMILES string of the molecule is CCCCC(=O)NC1CCN(C(=O)C(C)Oc2ccc(Cl)cc2)CC1. The average molecular weight is 367 g/mol. The molecule has 1 saturated heterocycles. The average Bonchev–Trinajstić information content (AvgIpc) is 2.62. The monoisotopic (exact) mass is 366 g/mol. The van der Waals surface area contributed by atoms with Crippen molar-refractivity contribution in [3.63, 3.8) is 0 Å². The van der Waals surface area contributed by atoms with Crippen LogP contribution in [-0.2, 0) is 9.59 Å². The predicted octanol–water partition coefficient (Wildman–Crippen LogP) is 3.40. The van der Waals surface area contributed by atoms with Crippen molar-refractivity contribution in [1.82, 2.24) is 10.2 Å². The van der Waals surface area contributed by atoms with E-state index < -0.39 is 6.10 Å². The van der Waals surface area contributed by atoms with Gasteiger partial charge in [-0.05, 0) is 50.5 Å². The number of carbonyl (C=O) groups excluding carboxylic acids is 2. The standard InChI is InChI=1S/C19H27ClN2O3/c1-3-4-5-18(23)21-16-10-12-22(13-11-16)19(24)14(2)25-17-8-6-15(20)7-9-17/h6-9,14,16H,3-5,10-13H2,1-2H3,(H,21,23). The first-order chi connectivity index (χ1) is 12.0. The lowest BCUT2D eigenvalue weighted by Crippen LogP contribution is -2.49. The van der Waals surface area contributed by atoms with Crippen LogP contribution in [0.25, 0.3) is 0 Å². The molecule has 1 heterocycles. The number of piperidine rings is 1. The van der Waals surface area contributed by atoms with Gasteiger partial charge in [0.25, 0.3) is 5.91 Å². The molecule has 25 heavy (non-hydrogen) atoms. The molecule has 1 unspecified atom stereocenters. The summed E-state index contributed by atoms with van der Waals surface area (Å²) >= 11 is 5.85. The molecule has 1 aromatic rings. The van der Waals surface area contributed by atoms with Crippen molar-refractivity contribution in [2.75, 3.05) is 13.1 Å². The second kappa shape index (κ2) is 9.66. The first kappa shape index (κ1) is 19.6. The van der Waals surface area contributed by atoms with Crippen LogP contribution in [0.4, 0.5) is 0 Å². The fourth-order valence-electron chi connectivity index (χ4n) is 2.91. The molecule has 138 valence electrons. The number of benzene rings is 1. The summed E-state index contributed by atoms with van der Waals surface area (Å²) in [5, 5.41) is 3.70. The molecule has 0 aromatic heterocycles. The van der Waals surface area contributed by atoms with Crippen molar-refractivity contribution in [2.24, 2.45) is 0 Å². The number of unbranched alkanes of at least 4 members (excludes halogenated alkanes) is 1. The van der Waals surface area contributed by atoms with Crippen molar-refractivity contribution in [1.29, 1.82) is 0 Å². The van der Waals surface area contributed by atoms with Gasteiger partial charge < -0.3 is 15.0 Å². The van der Waals surface area contributed by atoms with E-state index in [2.05, 4.69) is 12.2 Å². The number of likely N-dealkylation sites (tertiary alicyclic amines) is 1. The zero-order valence-electron chi connectivity index (χ0n) is 15.0. The lowest BCUT2D eigenvalue weighted by atomic mass is 10.0. The summed E-state index contributed by atoms with van der Waals surface area (Å²) in [6.07, 6.45) is 3.56. The number of halogens is 1. The van der Waals surface area contributed by atoms with Gasteiger partial charge in [-0.25, -0.2) is 0 Å².